The molecule has 0 bridgehead atoms. The summed E-state index contributed by atoms with van der Waals surface area (Å²) in [7, 11) is -7.02. The Morgan fingerprint density at radius 1 is 0.471 bits per heavy atom. The predicted octanol–water partition coefficient (Wildman–Crippen LogP) is 5.79. The summed E-state index contributed by atoms with van der Waals surface area (Å²) in [6.07, 6.45) is 12.9. The fourth-order valence-corrected chi connectivity index (χ4v) is 9.00. The molecule has 0 heterocycles. The Morgan fingerprint density at radius 2 is 0.843 bits per heavy atom. The van der Waals surface area contributed by atoms with Crippen molar-refractivity contribution in [1.82, 2.24) is 10.6 Å². The van der Waals surface area contributed by atoms with Crippen LogP contribution in [0.25, 0.3) is 0 Å². The predicted molar refractivity (Wildman–Crippen MR) is 275 cm³/mol. The summed E-state index contributed by atoms with van der Waals surface area (Å²) < 4.78 is 56.3. The van der Waals surface area contributed by atoms with Gasteiger partial charge in [-0.05, 0) is 129 Å². The molecule has 4 aromatic carbocycles. The van der Waals surface area contributed by atoms with Crippen LogP contribution in [0.2, 0.25) is 0 Å². The van der Waals surface area contributed by atoms with Crippen molar-refractivity contribution in [2.24, 2.45) is 10.3 Å². The van der Waals surface area contributed by atoms with Crippen molar-refractivity contribution in [3.63, 3.8) is 0 Å². The van der Waals surface area contributed by atoms with Gasteiger partial charge in [0, 0.05) is 50.6 Å². The summed E-state index contributed by atoms with van der Waals surface area (Å²) >= 11 is 0. The van der Waals surface area contributed by atoms with Crippen molar-refractivity contribution < 1.29 is 56.9 Å². The molecule has 0 saturated heterocycles. The number of hydrogen-bond acceptors (Lipinski definition) is 14. The maximum Gasteiger partial charge on any atom is 0.213 e. The van der Waals surface area contributed by atoms with Gasteiger partial charge in [-0.2, -0.15) is 0 Å². The summed E-state index contributed by atoms with van der Waals surface area (Å²) in [6.45, 7) is 4.90. The molecule has 392 valence electrons. The number of benzene rings is 4. The van der Waals surface area contributed by atoms with Gasteiger partial charge in [-0.25, -0.2) is 27.1 Å². The Hall–Kier alpha value is -4.02. The first-order valence-corrected chi connectivity index (χ1v) is 27.9. The highest BCUT2D eigenvalue weighted by Crippen LogP contribution is 2.24. The lowest BCUT2D eigenvalue weighted by Gasteiger charge is -2.14. The largest absolute Gasteiger partial charge is 0.508 e. The Balaban J connectivity index is 0.000000370. The molecule has 0 radical (unpaired) electrons. The number of rotatable bonds is 36. The number of aliphatic hydroxyl groups excluding tert-OH is 4. The molecule has 2 atom stereocenters. The lowest BCUT2D eigenvalue weighted by atomic mass is 10.1. The van der Waals surface area contributed by atoms with Crippen LogP contribution in [-0.2, 0) is 67.1 Å². The molecule has 0 aromatic heterocycles. The van der Waals surface area contributed by atoms with Crippen LogP contribution < -0.4 is 20.9 Å². The Bertz CT molecular complexity index is 2130. The van der Waals surface area contributed by atoms with E-state index >= 15 is 0 Å². The van der Waals surface area contributed by atoms with Gasteiger partial charge in [0.2, 0.25) is 20.0 Å². The maximum absolute atomic E-state index is 11.2. The van der Waals surface area contributed by atoms with E-state index in [1.165, 1.54) is 12.1 Å². The number of aromatic hydroxyl groups is 2. The second-order valence-electron chi connectivity index (χ2n) is 17.8. The zero-order valence-corrected chi connectivity index (χ0v) is 42.4. The molecule has 0 spiro atoms. The van der Waals surface area contributed by atoms with Crippen LogP contribution in [0.5, 0.6) is 11.5 Å². The van der Waals surface area contributed by atoms with Gasteiger partial charge < -0.3 is 50.7 Å². The Kier molecular flexibility index (Phi) is 29.6. The minimum absolute atomic E-state index is 0.0333. The van der Waals surface area contributed by atoms with E-state index in [-0.39, 0.29) is 36.2 Å². The van der Waals surface area contributed by atoms with Crippen molar-refractivity contribution in [2.45, 2.75) is 127 Å². The molecule has 0 fully saturated rings. The van der Waals surface area contributed by atoms with Crippen molar-refractivity contribution in [2.75, 3.05) is 52.6 Å². The van der Waals surface area contributed by atoms with Crippen LogP contribution in [0.15, 0.2) is 84.9 Å². The minimum Gasteiger partial charge on any atom is -0.508 e. The summed E-state index contributed by atoms with van der Waals surface area (Å²) in [4.78, 5) is 0. The molecule has 70 heavy (non-hydrogen) atoms. The summed E-state index contributed by atoms with van der Waals surface area (Å²) in [5, 5.41) is 74.8. The molecule has 0 saturated carbocycles. The minimum atomic E-state index is -3.51. The van der Waals surface area contributed by atoms with Gasteiger partial charge in [0.25, 0.3) is 0 Å². The highest BCUT2D eigenvalue weighted by atomic mass is 32.2. The van der Waals surface area contributed by atoms with Gasteiger partial charge in [-0.15, -0.1) is 0 Å². The van der Waals surface area contributed by atoms with Crippen LogP contribution in [0.3, 0.4) is 0 Å². The average molecular weight is 1020 g/mol. The zero-order chi connectivity index (χ0) is 51.0. The van der Waals surface area contributed by atoms with Gasteiger partial charge in [0.05, 0.1) is 36.9 Å². The topological polar surface area (TPSA) is 284 Å². The number of unbranched alkanes of at least 4 members (excludes halogenated alkanes) is 8. The van der Waals surface area contributed by atoms with Crippen LogP contribution in [0.1, 0.15) is 134 Å². The van der Waals surface area contributed by atoms with E-state index in [9.17, 15) is 47.5 Å². The summed E-state index contributed by atoms with van der Waals surface area (Å²) in [5.41, 5.74) is 5.82. The average Bonchev–Trinajstić information content (AvgIpc) is 3.31. The van der Waals surface area contributed by atoms with Crippen LogP contribution in [0.4, 0.5) is 0 Å². The van der Waals surface area contributed by atoms with Gasteiger partial charge >= 0.3 is 0 Å². The molecule has 0 aliphatic rings. The third kappa shape index (κ3) is 27.5. The third-order valence-electron chi connectivity index (χ3n) is 11.5. The first-order chi connectivity index (χ1) is 33.6. The molecule has 4 aromatic rings. The molecule has 16 nitrogen and oxygen atoms in total. The van der Waals surface area contributed by atoms with Crippen molar-refractivity contribution >= 4 is 20.0 Å². The lowest BCUT2D eigenvalue weighted by Crippen LogP contribution is -2.22. The number of hydrogen-bond donors (Lipinski definition) is 10. The van der Waals surface area contributed by atoms with E-state index in [2.05, 4.69) is 10.6 Å². The quantitative estimate of drug-likeness (QED) is 0.0242. The molecule has 0 aliphatic carbocycles. The normalized spacial score (nSPS) is 12.7. The molecule has 18 heteroatoms. The van der Waals surface area contributed by atoms with Gasteiger partial charge in [0.15, 0.2) is 0 Å². The van der Waals surface area contributed by atoms with E-state index < -0.39 is 32.3 Å². The first-order valence-electron chi connectivity index (χ1n) is 24.5. The van der Waals surface area contributed by atoms with E-state index in [1.807, 2.05) is 36.4 Å². The van der Waals surface area contributed by atoms with Gasteiger partial charge in [-0.1, -0.05) is 92.8 Å². The smallest absolute Gasteiger partial charge is 0.213 e. The van der Waals surface area contributed by atoms with E-state index in [0.717, 1.165) is 139 Å². The third-order valence-corrected chi connectivity index (χ3v) is 13.0. The van der Waals surface area contributed by atoms with Crippen molar-refractivity contribution in [3.8, 4) is 11.5 Å². The maximum atomic E-state index is 11.2. The second-order valence-corrected chi connectivity index (χ2v) is 21.0. The van der Waals surface area contributed by atoms with E-state index in [4.69, 9.17) is 19.8 Å². The first kappa shape index (κ1) is 60.3. The SMILES string of the molecule is NS(=O)(=O)Cc1cccc(CCCCOCCCCCCNCC(O)c2ccc(O)c(CO)c2)c1.NS(=O)(=O)Cc1cccc(CCCOCCCCCCCNCC(O)c2ccc(O)c(CO)c2)c1. The summed E-state index contributed by atoms with van der Waals surface area (Å²) in [6, 6.07) is 24.6. The number of primary sulfonamides is 2. The lowest BCUT2D eigenvalue weighted by molar-refractivity contribution is 0.126. The number of nitrogens with two attached hydrogens (primary N) is 2. The molecule has 0 aliphatic heterocycles. The monoisotopic (exact) mass is 1020 g/mol. The fraction of sp³-hybridized carbons (Fsp3) is 0.538. The molecular weight excluding hydrogens is 937 g/mol. The summed E-state index contributed by atoms with van der Waals surface area (Å²) in [5.74, 6) is -0.201. The highest BCUT2D eigenvalue weighted by Gasteiger charge is 2.12. The highest BCUT2D eigenvalue weighted by molar-refractivity contribution is 7.88. The van der Waals surface area contributed by atoms with Crippen molar-refractivity contribution in [1.29, 1.82) is 0 Å². The molecule has 4 rings (SSSR count). The number of nitrogens with one attached hydrogen (secondary N) is 2. The van der Waals surface area contributed by atoms with E-state index in [0.29, 0.717) is 47.5 Å². The Morgan fingerprint density at radius 3 is 1.27 bits per heavy atom. The number of ether oxygens (including phenoxy) is 2. The second kappa shape index (κ2) is 34.4. The van der Waals surface area contributed by atoms with Crippen molar-refractivity contribution in [3.05, 3.63) is 129 Å². The molecule has 0 amide bonds. The molecule has 2 unspecified atom stereocenters. The standard InChI is InChI=1S/2C26H40N2O6S/c27-35(32,33)20-22-10-7-9-21(16-22)8-3-6-15-34-14-5-2-1-4-13-28-18-26(31)23-11-12-25(30)24(17-23)19-29;27-35(32,33)20-22-9-6-8-21(16-22)10-7-15-34-14-5-3-1-2-4-13-28-18-26(31)23-11-12-25(30)24(17-23)19-29/h7,9-12,16-17,26,28-31H,1-6,8,13-15,18-20H2,(H2,27,32,33);6,8-9,11-12,16-17,26,28-31H,1-5,7,10,13-15,18-20H2,(H2,27,32,33). The number of aryl methyl sites for hydroxylation is 2. The zero-order valence-electron chi connectivity index (χ0n) is 40.7. The number of sulfonamides is 2. The van der Waals surface area contributed by atoms with Crippen LogP contribution in [-0.4, -0.2) is 100 Å². The van der Waals surface area contributed by atoms with E-state index in [1.54, 1.807) is 36.4 Å². The number of phenols is 2. The molecular formula is C52H80N4O12S2. The van der Waals surface area contributed by atoms with Gasteiger partial charge in [-0.3, -0.25) is 0 Å². The molecule has 12 N–H and O–H groups in total. The van der Waals surface area contributed by atoms with Gasteiger partial charge in [0.1, 0.15) is 11.5 Å². The van der Waals surface area contributed by atoms with Crippen LogP contribution >= 0.6 is 0 Å². The Labute approximate surface area is 416 Å². The van der Waals surface area contributed by atoms with Crippen LogP contribution in [0, 0.1) is 0 Å². The number of aliphatic hydroxyl groups is 4. The fourth-order valence-electron chi connectivity index (χ4n) is 7.71.